The lowest BCUT2D eigenvalue weighted by Gasteiger charge is -2.01. The molecule has 0 aromatic carbocycles. The summed E-state index contributed by atoms with van der Waals surface area (Å²) in [5, 5.41) is 3.60. The van der Waals surface area contributed by atoms with Gasteiger partial charge in [-0.05, 0) is 6.58 Å². The number of methoxy groups -OCH3 is 1. The fraction of sp³-hybridized carbons (Fsp3) is 0.400. The van der Waals surface area contributed by atoms with Gasteiger partial charge in [0.05, 0.1) is 13.0 Å². The van der Waals surface area contributed by atoms with E-state index < -0.39 is 0 Å². The van der Waals surface area contributed by atoms with E-state index in [0.29, 0.717) is 11.7 Å². The number of nitrogens with two attached hydrogens (primary N) is 1. The van der Waals surface area contributed by atoms with Crippen molar-refractivity contribution in [3.05, 3.63) is 12.5 Å². The monoisotopic (exact) mass is 163 g/mol. The Kier molecular flexibility index (Phi) is 4.49. The third-order valence-corrected chi connectivity index (χ3v) is 0.981. The van der Waals surface area contributed by atoms with E-state index in [0.717, 1.165) is 0 Å². The van der Waals surface area contributed by atoms with Crippen LogP contribution in [0.1, 0.15) is 0 Å². The number of nitrogens with zero attached hydrogens (tertiary/aromatic N) is 1. The zero-order valence-corrected chi connectivity index (χ0v) is 6.48. The summed E-state index contributed by atoms with van der Waals surface area (Å²) in [6.07, 6.45) is 0. The normalized spacial score (nSPS) is 10.8. The number of nitrogens with one attached hydrogen (secondary N) is 1. The molecule has 0 amide bonds. The highest BCUT2D eigenvalue weighted by atomic mass is 35.5. The highest BCUT2D eigenvalue weighted by Crippen LogP contribution is 1.82. The number of amidine groups is 1. The van der Waals surface area contributed by atoms with Crippen LogP contribution in [0.5, 0.6) is 0 Å². The molecule has 10 heavy (non-hydrogen) atoms. The lowest BCUT2D eigenvalue weighted by Crippen LogP contribution is -2.18. The Morgan fingerprint density at radius 2 is 2.50 bits per heavy atom. The van der Waals surface area contributed by atoms with Crippen LogP contribution in [-0.4, -0.2) is 18.8 Å². The van der Waals surface area contributed by atoms with Crippen LogP contribution in [0.2, 0.25) is 0 Å². The van der Waals surface area contributed by atoms with Crippen molar-refractivity contribution in [2.24, 2.45) is 10.8 Å². The molecule has 0 saturated carbocycles. The lowest BCUT2D eigenvalue weighted by molar-refractivity contribution is 0.265. The molecule has 0 aliphatic heterocycles. The number of rotatable bonds is 4. The zero-order chi connectivity index (χ0) is 7.98. The summed E-state index contributed by atoms with van der Waals surface area (Å²) in [5.74, 6) is 0.803. The second-order valence-electron chi connectivity index (χ2n) is 1.48. The predicted molar refractivity (Wildman–Crippen MR) is 41.6 cm³/mol. The Balaban J connectivity index is 3.61. The summed E-state index contributed by atoms with van der Waals surface area (Å²) >= 11 is 5.31. The lowest BCUT2D eigenvalue weighted by atomic mass is 10.7. The molecule has 58 valence electrons. The van der Waals surface area contributed by atoms with Crippen LogP contribution in [0.25, 0.3) is 0 Å². The Bertz CT molecular complexity index is 146. The van der Waals surface area contributed by atoms with Gasteiger partial charge in [-0.25, -0.2) is 5.43 Å². The minimum Gasteiger partial charge on any atom is -0.482 e. The first kappa shape index (κ1) is 9.10. The highest BCUT2D eigenvalue weighted by Gasteiger charge is 1.88. The number of hydrogen-bond acceptors (Lipinski definition) is 3. The van der Waals surface area contributed by atoms with Gasteiger partial charge in [0.2, 0.25) is 0 Å². The van der Waals surface area contributed by atoms with Crippen LogP contribution >= 0.6 is 11.6 Å². The second-order valence-corrected chi connectivity index (χ2v) is 1.74. The average Bonchev–Trinajstić information content (AvgIpc) is 1.99. The van der Waals surface area contributed by atoms with Crippen LogP contribution in [0.4, 0.5) is 0 Å². The number of hydrogen-bond donors (Lipinski definition) is 2. The molecule has 0 heterocycles. The van der Waals surface area contributed by atoms with Gasteiger partial charge in [0.15, 0.2) is 5.88 Å². The summed E-state index contributed by atoms with van der Waals surface area (Å²) in [6, 6.07) is 0. The van der Waals surface area contributed by atoms with Gasteiger partial charge >= 0.3 is 0 Å². The van der Waals surface area contributed by atoms with E-state index in [4.69, 9.17) is 17.3 Å². The maximum atomic E-state index is 5.31. The molecule has 0 fully saturated rings. The van der Waals surface area contributed by atoms with Crippen molar-refractivity contribution in [3.8, 4) is 0 Å². The summed E-state index contributed by atoms with van der Waals surface area (Å²) < 4.78 is 4.63. The third-order valence-electron chi connectivity index (χ3n) is 0.708. The molecular formula is C5H10ClN3O. The molecule has 5 heteroatoms. The minimum absolute atomic E-state index is 0.185. The molecule has 0 rings (SSSR count). The van der Waals surface area contributed by atoms with Crippen LogP contribution in [-0.2, 0) is 4.74 Å². The third kappa shape index (κ3) is 4.03. The molecule has 0 unspecified atom stereocenters. The first-order chi connectivity index (χ1) is 4.70. The number of halogens is 1. The van der Waals surface area contributed by atoms with Crippen molar-refractivity contribution in [3.63, 3.8) is 0 Å². The second kappa shape index (κ2) is 4.93. The summed E-state index contributed by atoms with van der Waals surface area (Å²) in [6.45, 7) is 3.44. The maximum absolute atomic E-state index is 5.31. The highest BCUT2D eigenvalue weighted by molar-refractivity contribution is 6.27. The van der Waals surface area contributed by atoms with Gasteiger partial charge in [-0.3, -0.25) is 0 Å². The molecule has 0 aliphatic rings. The molecule has 0 aromatic heterocycles. The van der Waals surface area contributed by atoms with E-state index in [1.165, 1.54) is 7.11 Å². The van der Waals surface area contributed by atoms with Crippen molar-refractivity contribution >= 4 is 17.4 Å². The van der Waals surface area contributed by atoms with Crippen molar-refractivity contribution in [1.29, 1.82) is 0 Å². The van der Waals surface area contributed by atoms with Gasteiger partial charge in [-0.2, -0.15) is 5.10 Å². The first-order valence-corrected chi connectivity index (χ1v) is 3.11. The molecular weight excluding hydrogens is 154 g/mol. The van der Waals surface area contributed by atoms with E-state index in [2.05, 4.69) is 21.8 Å². The van der Waals surface area contributed by atoms with Crippen molar-refractivity contribution in [1.82, 2.24) is 5.43 Å². The molecule has 0 saturated heterocycles. The van der Waals surface area contributed by atoms with E-state index in [9.17, 15) is 0 Å². The average molecular weight is 164 g/mol. The number of alkyl halides is 1. The summed E-state index contributed by atoms with van der Waals surface area (Å²) in [7, 11) is 1.47. The van der Waals surface area contributed by atoms with Crippen LogP contribution in [0.3, 0.4) is 0 Å². The summed E-state index contributed by atoms with van der Waals surface area (Å²) in [4.78, 5) is 0. The fourth-order valence-corrected chi connectivity index (χ4v) is 0.269. The van der Waals surface area contributed by atoms with E-state index in [1.54, 1.807) is 0 Å². The minimum atomic E-state index is 0.185. The zero-order valence-electron chi connectivity index (χ0n) is 5.72. The van der Waals surface area contributed by atoms with Crippen molar-refractivity contribution in [2.75, 3.05) is 13.0 Å². The molecule has 0 spiro atoms. The molecule has 4 nitrogen and oxygen atoms in total. The first-order valence-electron chi connectivity index (χ1n) is 2.57. The maximum Gasteiger partial charge on any atom is 0.199 e. The molecule has 0 radical (unpaired) electrons. The van der Waals surface area contributed by atoms with E-state index in [-0.39, 0.29) is 5.88 Å². The Labute approximate surface area is 64.7 Å². The number of hydrazone groups is 1. The van der Waals surface area contributed by atoms with Crippen molar-refractivity contribution < 1.29 is 4.74 Å². The standard InChI is InChI=1S/C5H10ClN3O/c1-4(10-2)8-9-5(7)3-6/h8H,1,3H2,2H3,(H2,7,9). The molecule has 0 atom stereocenters. The molecule has 3 N–H and O–H groups in total. The topological polar surface area (TPSA) is 59.6 Å². The molecule has 0 bridgehead atoms. The van der Waals surface area contributed by atoms with Gasteiger partial charge in [0.25, 0.3) is 0 Å². The largest absolute Gasteiger partial charge is 0.482 e. The molecule has 0 aromatic rings. The van der Waals surface area contributed by atoms with Crippen LogP contribution in [0, 0.1) is 0 Å². The Morgan fingerprint density at radius 1 is 1.90 bits per heavy atom. The Hall–Kier alpha value is -0.900. The quantitative estimate of drug-likeness (QED) is 0.205. The van der Waals surface area contributed by atoms with Gasteiger partial charge in [0.1, 0.15) is 5.84 Å². The van der Waals surface area contributed by atoms with Gasteiger partial charge < -0.3 is 10.5 Å². The smallest absolute Gasteiger partial charge is 0.199 e. The van der Waals surface area contributed by atoms with E-state index in [1.807, 2.05) is 0 Å². The number of ether oxygens (including phenoxy) is 1. The Morgan fingerprint density at radius 3 is 2.90 bits per heavy atom. The van der Waals surface area contributed by atoms with Crippen LogP contribution in [0.15, 0.2) is 17.6 Å². The van der Waals surface area contributed by atoms with E-state index >= 15 is 0 Å². The summed E-state index contributed by atoms with van der Waals surface area (Å²) in [5.41, 5.74) is 7.68. The van der Waals surface area contributed by atoms with Gasteiger partial charge in [-0.15, -0.1) is 11.6 Å². The van der Waals surface area contributed by atoms with Gasteiger partial charge in [0, 0.05) is 0 Å². The van der Waals surface area contributed by atoms with Gasteiger partial charge in [-0.1, -0.05) is 0 Å². The predicted octanol–water partition coefficient (Wildman–Crippen LogP) is 0.205. The fourth-order valence-electron chi connectivity index (χ4n) is 0.210. The molecule has 0 aliphatic carbocycles. The van der Waals surface area contributed by atoms with Crippen LogP contribution < -0.4 is 11.2 Å². The van der Waals surface area contributed by atoms with Crippen molar-refractivity contribution in [2.45, 2.75) is 0 Å². The SMILES string of the molecule is C=C(N/N=C(\N)CCl)OC.